The van der Waals surface area contributed by atoms with Gasteiger partial charge in [0.1, 0.15) is 5.41 Å². The van der Waals surface area contributed by atoms with Crippen LogP contribution in [0.2, 0.25) is 0 Å². The van der Waals surface area contributed by atoms with Crippen LogP contribution in [0.15, 0.2) is 24.5 Å². The van der Waals surface area contributed by atoms with Crippen molar-refractivity contribution < 1.29 is 14.7 Å². The molecule has 0 unspecified atom stereocenters. The van der Waals surface area contributed by atoms with E-state index in [1.54, 1.807) is 19.4 Å². The molecule has 1 aromatic heterocycles. The second kappa shape index (κ2) is 4.16. The van der Waals surface area contributed by atoms with Gasteiger partial charge in [0, 0.05) is 26.0 Å². The van der Waals surface area contributed by atoms with Gasteiger partial charge in [-0.15, -0.1) is 0 Å². The van der Waals surface area contributed by atoms with Gasteiger partial charge in [-0.3, -0.25) is 14.6 Å². The van der Waals surface area contributed by atoms with Crippen molar-refractivity contribution in [3.05, 3.63) is 30.1 Å². The molecule has 0 saturated heterocycles. The molecule has 0 spiro atoms. The number of carboxylic acids is 1. The van der Waals surface area contributed by atoms with Gasteiger partial charge in [-0.2, -0.15) is 0 Å². The van der Waals surface area contributed by atoms with Gasteiger partial charge >= 0.3 is 5.97 Å². The number of hydrogen-bond acceptors (Lipinski definition) is 3. The Bertz CT molecular complexity index is 440. The Hall–Kier alpha value is -1.91. The van der Waals surface area contributed by atoms with Crippen molar-refractivity contribution in [2.45, 2.75) is 19.4 Å². The van der Waals surface area contributed by atoms with E-state index in [1.807, 2.05) is 12.1 Å². The SMILES string of the molecule is CN(Cc1ccncc1)C(=O)C1(C(=O)O)CC1. The molecule has 1 heterocycles. The van der Waals surface area contributed by atoms with Gasteiger partial charge in [0.05, 0.1) is 0 Å². The zero-order valence-corrected chi connectivity index (χ0v) is 9.59. The molecule has 5 nitrogen and oxygen atoms in total. The largest absolute Gasteiger partial charge is 0.480 e. The summed E-state index contributed by atoms with van der Waals surface area (Å²) >= 11 is 0. The highest BCUT2D eigenvalue weighted by Crippen LogP contribution is 2.47. The van der Waals surface area contributed by atoms with Crippen molar-refractivity contribution in [3.8, 4) is 0 Å². The first-order chi connectivity index (χ1) is 8.06. The fourth-order valence-electron chi connectivity index (χ4n) is 1.84. The number of carbonyl (C=O) groups excluding carboxylic acids is 1. The molecule has 90 valence electrons. The van der Waals surface area contributed by atoms with Gasteiger partial charge in [0.15, 0.2) is 0 Å². The first-order valence-corrected chi connectivity index (χ1v) is 5.44. The number of rotatable bonds is 4. The molecule has 1 aliphatic carbocycles. The standard InChI is InChI=1S/C12H14N2O3/c1-14(8-9-2-6-13-7-3-9)10(15)12(4-5-12)11(16)17/h2-3,6-7H,4-5,8H2,1H3,(H,16,17). The fourth-order valence-corrected chi connectivity index (χ4v) is 1.84. The van der Waals surface area contributed by atoms with E-state index in [2.05, 4.69) is 4.98 Å². The summed E-state index contributed by atoms with van der Waals surface area (Å²) in [6.07, 6.45) is 4.19. The van der Waals surface area contributed by atoms with Crippen molar-refractivity contribution in [2.24, 2.45) is 5.41 Å². The average Bonchev–Trinajstić information content (AvgIpc) is 3.10. The lowest BCUT2D eigenvalue weighted by atomic mass is 10.1. The number of aromatic nitrogens is 1. The first kappa shape index (κ1) is 11.6. The van der Waals surface area contributed by atoms with Crippen molar-refractivity contribution in [1.82, 2.24) is 9.88 Å². The van der Waals surface area contributed by atoms with E-state index in [0.29, 0.717) is 19.4 Å². The van der Waals surface area contributed by atoms with E-state index in [9.17, 15) is 9.59 Å². The third kappa shape index (κ3) is 2.13. The molecule has 0 bridgehead atoms. The van der Waals surface area contributed by atoms with Crippen LogP contribution in [0.5, 0.6) is 0 Å². The molecule has 2 rings (SSSR count). The number of pyridine rings is 1. The van der Waals surface area contributed by atoms with E-state index < -0.39 is 11.4 Å². The number of hydrogen-bond donors (Lipinski definition) is 1. The molecule has 0 aromatic carbocycles. The highest BCUT2D eigenvalue weighted by Gasteiger charge is 2.58. The number of carbonyl (C=O) groups is 2. The lowest BCUT2D eigenvalue weighted by molar-refractivity contribution is -0.153. The lowest BCUT2D eigenvalue weighted by Crippen LogP contribution is -2.38. The van der Waals surface area contributed by atoms with Crippen molar-refractivity contribution in [3.63, 3.8) is 0 Å². The van der Waals surface area contributed by atoms with Crippen molar-refractivity contribution >= 4 is 11.9 Å². The van der Waals surface area contributed by atoms with Gasteiger partial charge in [0.25, 0.3) is 0 Å². The fraction of sp³-hybridized carbons (Fsp3) is 0.417. The third-order valence-corrected chi connectivity index (χ3v) is 3.08. The highest BCUT2D eigenvalue weighted by molar-refractivity contribution is 6.04. The number of nitrogens with zero attached hydrogens (tertiary/aromatic N) is 2. The molecule has 0 radical (unpaired) electrons. The Morgan fingerprint density at radius 1 is 1.41 bits per heavy atom. The quantitative estimate of drug-likeness (QED) is 0.786. The average molecular weight is 234 g/mol. The van der Waals surface area contributed by atoms with Crippen LogP contribution in [-0.2, 0) is 16.1 Å². The Balaban J connectivity index is 2.04. The monoisotopic (exact) mass is 234 g/mol. The number of aliphatic carboxylic acids is 1. The summed E-state index contributed by atoms with van der Waals surface area (Å²) in [5, 5.41) is 9.03. The van der Waals surface area contributed by atoms with Gasteiger partial charge < -0.3 is 10.0 Å². The van der Waals surface area contributed by atoms with Crippen LogP contribution in [0.1, 0.15) is 18.4 Å². The molecule has 1 aliphatic rings. The molecule has 1 amide bonds. The van der Waals surface area contributed by atoms with Gasteiger partial charge in [-0.1, -0.05) is 0 Å². The molecule has 17 heavy (non-hydrogen) atoms. The predicted molar refractivity (Wildman–Crippen MR) is 60.0 cm³/mol. The molecule has 0 atom stereocenters. The smallest absolute Gasteiger partial charge is 0.319 e. The zero-order chi connectivity index (χ0) is 12.5. The normalized spacial score (nSPS) is 16.3. The Morgan fingerprint density at radius 2 is 2.00 bits per heavy atom. The Labute approximate surface area is 99.1 Å². The molecule has 1 fully saturated rings. The summed E-state index contributed by atoms with van der Waals surface area (Å²) in [5.41, 5.74) is -0.209. The van der Waals surface area contributed by atoms with Crippen molar-refractivity contribution in [1.29, 1.82) is 0 Å². The van der Waals surface area contributed by atoms with E-state index in [0.717, 1.165) is 5.56 Å². The first-order valence-electron chi connectivity index (χ1n) is 5.44. The number of amides is 1. The van der Waals surface area contributed by atoms with E-state index >= 15 is 0 Å². The summed E-state index contributed by atoms with van der Waals surface area (Å²) in [7, 11) is 1.63. The summed E-state index contributed by atoms with van der Waals surface area (Å²) in [6, 6.07) is 3.62. The van der Waals surface area contributed by atoms with Crippen LogP contribution in [0, 0.1) is 5.41 Å². The number of carboxylic acid groups (broad SMARTS) is 1. The van der Waals surface area contributed by atoms with Gasteiger partial charge in [-0.05, 0) is 30.5 Å². The van der Waals surface area contributed by atoms with Crippen LogP contribution in [0.25, 0.3) is 0 Å². The maximum atomic E-state index is 12.0. The minimum Gasteiger partial charge on any atom is -0.480 e. The van der Waals surface area contributed by atoms with Crippen LogP contribution in [0.4, 0.5) is 0 Å². The summed E-state index contributed by atoms with van der Waals surface area (Å²) in [6.45, 7) is 0.413. The molecule has 5 heteroatoms. The minimum absolute atomic E-state index is 0.304. The van der Waals surface area contributed by atoms with E-state index in [4.69, 9.17) is 5.11 Å². The van der Waals surface area contributed by atoms with Gasteiger partial charge in [-0.25, -0.2) is 0 Å². The van der Waals surface area contributed by atoms with Crippen molar-refractivity contribution in [2.75, 3.05) is 7.05 Å². The van der Waals surface area contributed by atoms with E-state index in [1.165, 1.54) is 4.90 Å². The third-order valence-electron chi connectivity index (χ3n) is 3.08. The molecule has 1 saturated carbocycles. The molecule has 1 aromatic rings. The minimum atomic E-state index is -1.15. The summed E-state index contributed by atoms with van der Waals surface area (Å²) in [5.74, 6) is -1.31. The second-order valence-corrected chi connectivity index (χ2v) is 4.40. The Morgan fingerprint density at radius 3 is 2.47 bits per heavy atom. The zero-order valence-electron chi connectivity index (χ0n) is 9.59. The van der Waals surface area contributed by atoms with Crippen LogP contribution < -0.4 is 0 Å². The lowest BCUT2D eigenvalue weighted by Gasteiger charge is -2.21. The maximum Gasteiger partial charge on any atom is 0.319 e. The van der Waals surface area contributed by atoms with Crippen LogP contribution in [-0.4, -0.2) is 33.9 Å². The Kier molecular flexibility index (Phi) is 2.83. The van der Waals surface area contributed by atoms with Crippen LogP contribution in [0.3, 0.4) is 0 Å². The predicted octanol–water partition coefficient (Wildman–Crippen LogP) is 0.905. The van der Waals surface area contributed by atoms with Crippen LogP contribution >= 0.6 is 0 Å². The molecule has 0 aliphatic heterocycles. The highest BCUT2D eigenvalue weighted by atomic mass is 16.4. The maximum absolute atomic E-state index is 12.0. The summed E-state index contributed by atoms with van der Waals surface area (Å²) < 4.78 is 0. The topological polar surface area (TPSA) is 70.5 Å². The molecule has 1 N–H and O–H groups in total. The van der Waals surface area contributed by atoms with E-state index in [-0.39, 0.29) is 5.91 Å². The second-order valence-electron chi connectivity index (χ2n) is 4.40. The molecular weight excluding hydrogens is 220 g/mol. The van der Waals surface area contributed by atoms with Gasteiger partial charge in [0.2, 0.25) is 5.91 Å². The summed E-state index contributed by atoms with van der Waals surface area (Å²) in [4.78, 5) is 28.4. The molecular formula is C12H14N2O3.